The van der Waals surface area contributed by atoms with Crippen LogP contribution in [0.15, 0.2) is 158 Å². The molecule has 0 fully saturated rings. The fourth-order valence-electron chi connectivity index (χ4n) is 10.6. The second kappa shape index (κ2) is 15.0. The minimum atomic E-state index is 0.0747. The van der Waals surface area contributed by atoms with Crippen molar-refractivity contribution in [3.8, 4) is 44.5 Å². The Hall–Kier alpha value is -5.72. The number of fused-ring (bicyclic) bond motifs is 4. The van der Waals surface area contributed by atoms with Crippen molar-refractivity contribution in [3.63, 3.8) is 0 Å². The molecule has 0 unspecified atom stereocenters. The van der Waals surface area contributed by atoms with Crippen LogP contribution in [0.4, 0.5) is 0 Å². The molecule has 1 aliphatic rings. The van der Waals surface area contributed by atoms with Gasteiger partial charge in [-0.2, -0.15) is 0 Å². The van der Waals surface area contributed by atoms with Crippen molar-refractivity contribution in [3.05, 3.63) is 169 Å². The molecule has 57 heavy (non-hydrogen) atoms. The summed E-state index contributed by atoms with van der Waals surface area (Å²) in [7, 11) is 0. The van der Waals surface area contributed by atoms with Gasteiger partial charge in [-0.3, -0.25) is 0 Å². The van der Waals surface area contributed by atoms with E-state index in [4.69, 9.17) is 0 Å². The normalized spacial score (nSPS) is 13.2. The van der Waals surface area contributed by atoms with E-state index in [2.05, 4.69) is 172 Å². The van der Waals surface area contributed by atoms with Gasteiger partial charge in [-0.1, -0.05) is 217 Å². The van der Waals surface area contributed by atoms with Crippen LogP contribution < -0.4 is 0 Å². The molecule has 0 saturated heterocycles. The van der Waals surface area contributed by atoms with Gasteiger partial charge >= 0.3 is 0 Å². The monoisotopic (exact) mass is 736 g/mol. The van der Waals surface area contributed by atoms with Gasteiger partial charge in [0.2, 0.25) is 0 Å². The van der Waals surface area contributed by atoms with Crippen LogP contribution in [0, 0.1) is 0 Å². The van der Waals surface area contributed by atoms with Crippen LogP contribution in [0.25, 0.3) is 87.6 Å². The lowest BCUT2D eigenvalue weighted by Gasteiger charge is -2.33. The van der Waals surface area contributed by atoms with Gasteiger partial charge in [-0.15, -0.1) is 0 Å². The van der Waals surface area contributed by atoms with Gasteiger partial charge in [-0.25, -0.2) is 0 Å². The zero-order valence-corrected chi connectivity index (χ0v) is 33.6. The largest absolute Gasteiger partial charge is 0.0654 e. The fourth-order valence-corrected chi connectivity index (χ4v) is 10.6. The molecule has 0 amide bonds. The Morgan fingerprint density at radius 3 is 1.49 bits per heavy atom. The molecule has 0 bridgehead atoms. The molecule has 10 rings (SSSR count). The van der Waals surface area contributed by atoms with Crippen molar-refractivity contribution >= 4 is 43.1 Å². The van der Waals surface area contributed by atoms with E-state index >= 15 is 0 Å². The van der Waals surface area contributed by atoms with Gasteiger partial charge in [0.15, 0.2) is 0 Å². The Labute approximate surface area is 338 Å². The molecule has 0 N–H and O–H groups in total. The smallest absolute Gasteiger partial charge is 0.0215 e. The maximum Gasteiger partial charge on any atom is 0.0215 e. The van der Waals surface area contributed by atoms with Gasteiger partial charge < -0.3 is 0 Å². The molecular formula is C57H52. The van der Waals surface area contributed by atoms with Gasteiger partial charge in [-0.05, 0) is 118 Å². The summed E-state index contributed by atoms with van der Waals surface area (Å²) in [6.45, 7) is 4.66. The third-order valence-electron chi connectivity index (χ3n) is 13.5. The summed E-state index contributed by atoms with van der Waals surface area (Å²) in [5.74, 6) is 0. The van der Waals surface area contributed by atoms with Crippen molar-refractivity contribution < 1.29 is 0 Å². The highest BCUT2D eigenvalue weighted by molar-refractivity contribution is 6.27. The summed E-state index contributed by atoms with van der Waals surface area (Å²) in [6, 6.07) is 60.3. The maximum absolute atomic E-state index is 2.62. The van der Waals surface area contributed by atoms with Crippen molar-refractivity contribution in [2.24, 2.45) is 0 Å². The molecule has 0 nitrogen and oxygen atoms in total. The number of hydrogen-bond donors (Lipinski definition) is 0. The minimum absolute atomic E-state index is 0.0747. The van der Waals surface area contributed by atoms with Crippen LogP contribution in [-0.4, -0.2) is 0 Å². The number of benzene rings is 9. The predicted molar refractivity (Wildman–Crippen MR) is 248 cm³/mol. The molecule has 0 atom stereocenters. The third-order valence-corrected chi connectivity index (χ3v) is 13.5. The summed E-state index contributed by atoms with van der Waals surface area (Å²) in [5, 5.41) is 10.6. The van der Waals surface area contributed by atoms with Gasteiger partial charge in [0, 0.05) is 5.41 Å². The summed E-state index contributed by atoms with van der Waals surface area (Å²) >= 11 is 0. The van der Waals surface area contributed by atoms with Gasteiger partial charge in [0.1, 0.15) is 0 Å². The first-order valence-corrected chi connectivity index (χ1v) is 21.7. The first-order chi connectivity index (χ1) is 28.2. The second-order valence-corrected chi connectivity index (χ2v) is 16.8. The topological polar surface area (TPSA) is 0 Å². The molecule has 0 saturated carbocycles. The summed E-state index contributed by atoms with van der Waals surface area (Å²) < 4.78 is 0. The van der Waals surface area contributed by atoms with Crippen LogP contribution in [0.3, 0.4) is 0 Å². The first kappa shape index (κ1) is 35.7. The van der Waals surface area contributed by atoms with E-state index in [1.807, 2.05) is 0 Å². The lowest BCUT2D eigenvalue weighted by molar-refractivity contribution is 0.401. The van der Waals surface area contributed by atoms with Crippen LogP contribution in [-0.2, 0) is 5.41 Å². The average Bonchev–Trinajstić information content (AvgIpc) is 3.54. The Balaban J connectivity index is 1.08. The van der Waals surface area contributed by atoms with Crippen molar-refractivity contribution in [1.29, 1.82) is 0 Å². The van der Waals surface area contributed by atoms with Crippen LogP contribution >= 0.6 is 0 Å². The van der Waals surface area contributed by atoms with Crippen LogP contribution in [0.5, 0.6) is 0 Å². The van der Waals surface area contributed by atoms with E-state index in [0.29, 0.717) is 0 Å². The highest BCUT2D eigenvalue weighted by Crippen LogP contribution is 2.55. The molecule has 0 heterocycles. The number of rotatable bonds is 13. The van der Waals surface area contributed by atoms with Gasteiger partial charge in [0.25, 0.3) is 0 Å². The standard InChI is InChI=1S/C57H52/c1-3-5-7-13-36-57(37-14-8-6-4-2)53-21-12-11-19-49(53)50-33-30-44(38-54(50)57)48-32-27-43-28-34-51-47(31-26-42-29-35-52(48)56(43)55(42)51)41-24-22-40(23-25-41)46-20-15-17-39-16-9-10-18-45(39)46/h9-12,15-35,38H,3-8,13-14,36-37H2,1-2H3. The predicted octanol–water partition coefficient (Wildman–Crippen LogP) is 16.9. The molecule has 1 aliphatic carbocycles. The molecule has 9 aromatic carbocycles. The minimum Gasteiger partial charge on any atom is -0.0654 e. The van der Waals surface area contributed by atoms with Crippen LogP contribution in [0.1, 0.15) is 89.2 Å². The Bertz CT molecular complexity index is 2850. The lowest BCUT2D eigenvalue weighted by Crippen LogP contribution is -2.25. The first-order valence-electron chi connectivity index (χ1n) is 21.7. The van der Waals surface area contributed by atoms with Crippen LogP contribution in [0.2, 0.25) is 0 Å². The Morgan fingerprint density at radius 2 is 0.825 bits per heavy atom. The molecule has 0 heteroatoms. The summed E-state index contributed by atoms with van der Waals surface area (Å²) in [4.78, 5) is 0. The SMILES string of the molecule is CCCCCCC1(CCCCCC)c2ccccc2-c2ccc(-c3ccc4ccc5c(-c6ccc(-c7cccc8ccccc78)cc6)ccc6ccc3c4c65)cc21. The highest BCUT2D eigenvalue weighted by atomic mass is 14.4. The summed E-state index contributed by atoms with van der Waals surface area (Å²) in [6.07, 6.45) is 12.9. The molecular weight excluding hydrogens is 685 g/mol. The van der Waals surface area contributed by atoms with Gasteiger partial charge in [0.05, 0.1) is 0 Å². The van der Waals surface area contributed by atoms with E-state index in [1.54, 1.807) is 11.1 Å². The molecule has 280 valence electrons. The Morgan fingerprint density at radius 1 is 0.333 bits per heavy atom. The van der Waals surface area contributed by atoms with E-state index in [0.717, 1.165) is 0 Å². The average molecular weight is 737 g/mol. The van der Waals surface area contributed by atoms with Crippen molar-refractivity contribution in [2.75, 3.05) is 0 Å². The number of hydrogen-bond acceptors (Lipinski definition) is 0. The highest BCUT2D eigenvalue weighted by Gasteiger charge is 2.42. The summed E-state index contributed by atoms with van der Waals surface area (Å²) in [5.41, 5.74) is 13.9. The lowest BCUT2D eigenvalue weighted by atomic mass is 9.70. The van der Waals surface area contributed by atoms with E-state index in [1.165, 1.54) is 152 Å². The van der Waals surface area contributed by atoms with Crippen molar-refractivity contribution in [1.82, 2.24) is 0 Å². The van der Waals surface area contributed by atoms with Crippen molar-refractivity contribution in [2.45, 2.75) is 83.5 Å². The second-order valence-electron chi connectivity index (χ2n) is 16.8. The maximum atomic E-state index is 2.62. The number of unbranched alkanes of at least 4 members (excludes halogenated alkanes) is 6. The molecule has 0 aromatic heterocycles. The van der Waals surface area contributed by atoms with E-state index < -0.39 is 0 Å². The zero-order valence-electron chi connectivity index (χ0n) is 33.6. The van der Waals surface area contributed by atoms with E-state index in [-0.39, 0.29) is 5.41 Å². The molecule has 0 spiro atoms. The molecule has 0 aliphatic heterocycles. The molecule has 0 radical (unpaired) electrons. The Kier molecular flexibility index (Phi) is 9.38. The fraction of sp³-hybridized carbons (Fsp3) is 0.228. The molecule has 9 aromatic rings. The third kappa shape index (κ3) is 6.04. The quantitative estimate of drug-likeness (QED) is 0.0817. The zero-order chi connectivity index (χ0) is 38.3. The van der Waals surface area contributed by atoms with E-state index in [9.17, 15) is 0 Å².